The minimum atomic E-state index is 1.16. The first-order chi connectivity index (χ1) is 6.29. The molecule has 13 heavy (non-hydrogen) atoms. The lowest BCUT2D eigenvalue weighted by molar-refractivity contribution is 0.865. The van der Waals surface area contributed by atoms with Crippen LogP contribution in [0.5, 0.6) is 0 Å². The van der Waals surface area contributed by atoms with Crippen LogP contribution in [-0.2, 0) is 0 Å². The Labute approximate surface area is 77.8 Å². The van der Waals surface area contributed by atoms with E-state index in [1.807, 2.05) is 10.9 Å². The van der Waals surface area contributed by atoms with Crippen molar-refractivity contribution in [3.05, 3.63) is 47.8 Å². The fourth-order valence-corrected chi connectivity index (χ4v) is 1.52. The summed E-state index contributed by atoms with van der Waals surface area (Å²) >= 11 is 0. The SMILES string of the molecule is Cc1cccc(C)c1-n1c[c]cn1. The first kappa shape index (κ1) is 8.05. The number of benzene rings is 1. The lowest BCUT2D eigenvalue weighted by Crippen LogP contribution is -1.99. The van der Waals surface area contributed by atoms with Gasteiger partial charge in [-0.1, -0.05) is 18.2 Å². The van der Waals surface area contributed by atoms with Gasteiger partial charge in [0.25, 0.3) is 0 Å². The third-order valence-electron chi connectivity index (χ3n) is 2.12. The van der Waals surface area contributed by atoms with Gasteiger partial charge in [-0.3, -0.25) is 0 Å². The monoisotopic (exact) mass is 171 g/mol. The quantitative estimate of drug-likeness (QED) is 0.643. The Kier molecular flexibility index (Phi) is 1.89. The maximum atomic E-state index is 4.17. The normalized spacial score (nSPS) is 10.3. The molecule has 1 radical (unpaired) electrons. The second kappa shape index (κ2) is 3.05. The summed E-state index contributed by atoms with van der Waals surface area (Å²) in [6.45, 7) is 4.17. The molecule has 0 N–H and O–H groups in total. The largest absolute Gasteiger partial charge is 0.240 e. The molecule has 2 rings (SSSR count). The average Bonchev–Trinajstić information content (AvgIpc) is 2.57. The van der Waals surface area contributed by atoms with Crippen LogP contribution >= 0.6 is 0 Å². The molecule has 0 atom stereocenters. The van der Waals surface area contributed by atoms with Crippen molar-refractivity contribution in [3.63, 3.8) is 0 Å². The molecule has 0 aliphatic rings. The van der Waals surface area contributed by atoms with E-state index in [0.717, 1.165) is 5.69 Å². The van der Waals surface area contributed by atoms with Crippen molar-refractivity contribution >= 4 is 0 Å². The van der Waals surface area contributed by atoms with Crippen LogP contribution in [0.3, 0.4) is 0 Å². The van der Waals surface area contributed by atoms with Crippen molar-refractivity contribution in [1.29, 1.82) is 0 Å². The summed E-state index contributed by atoms with van der Waals surface area (Å²) in [4.78, 5) is 0. The van der Waals surface area contributed by atoms with Crippen LogP contribution in [0.4, 0.5) is 0 Å². The molecule has 0 fully saturated rings. The van der Waals surface area contributed by atoms with Gasteiger partial charge in [-0.15, -0.1) is 0 Å². The fourth-order valence-electron chi connectivity index (χ4n) is 1.52. The minimum Gasteiger partial charge on any atom is -0.240 e. The number of rotatable bonds is 1. The Hall–Kier alpha value is -1.57. The van der Waals surface area contributed by atoms with Gasteiger partial charge < -0.3 is 0 Å². The summed E-state index contributed by atoms with van der Waals surface area (Å²) in [5.41, 5.74) is 3.62. The zero-order valence-electron chi connectivity index (χ0n) is 7.78. The highest BCUT2D eigenvalue weighted by atomic mass is 15.3. The Bertz CT molecular complexity index is 382. The van der Waals surface area contributed by atoms with Crippen molar-refractivity contribution in [1.82, 2.24) is 9.78 Å². The third-order valence-corrected chi connectivity index (χ3v) is 2.12. The molecular weight excluding hydrogens is 160 g/mol. The predicted molar refractivity (Wildman–Crippen MR) is 51.9 cm³/mol. The van der Waals surface area contributed by atoms with Gasteiger partial charge in [0.15, 0.2) is 0 Å². The Balaban J connectivity index is 2.64. The topological polar surface area (TPSA) is 17.8 Å². The molecule has 1 aromatic carbocycles. The van der Waals surface area contributed by atoms with E-state index in [9.17, 15) is 0 Å². The van der Waals surface area contributed by atoms with Gasteiger partial charge >= 0.3 is 0 Å². The first-order valence-electron chi connectivity index (χ1n) is 4.26. The molecule has 0 bridgehead atoms. The third kappa shape index (κ3) is 1.35. The Morgan fingerprint density at radius 2 is 1.92 bits per heavy atom. The molecule has 2 aromatic rings. The van der Waals surface area contributed by atoms with Gasteiger partial charge in [0.2, 0.25) is 0 Å². The van der Waals surface area contributed by atoms with Crippen LogP contribution in [0.2, 0.25) is 0 Å². The van der Waals surface area contributed by atoms with E-state index in [4.69, 9.17) is 0 Å². The van der Waals surface area contributed by atoms with Gasteiger partial charge in [0.05, 0.1) is 11.9 Å². The molecule has 2 nitrogen and oxygen atoms in total. The molecule has 0 aliphatic heterocycles. The van der Waals surface area contributed by atoms with E-state index in [2.05, 4.69) is 43.2 Å². The molecule has 0 unspecified atom stereocenters. The maximum absolute atomic E-state index is 4.17. The number of para-hydroxylation sites is 1. The molecule has 0 saturated carbocycles. The Morgan fingerprint density at radius 1 is 1.23 bits per heavy atom. The summed E-state index contributed by atoms with van der Waals surface area (Å²) in [6.07, 6.45) is 3.52. The van der Waals surface area contributed by atoms with Crippen LogP contribution < -0.4 is 0 Å². The summed E-state index contributed by atoms with van der Waals surface area (Å²) in [5.74, 6) is 0. The molecule has 0 spiro atoms. The lowest BCUT2D eigenvalue weighted by atomic mass is 10.1. The molecular formula is C11H11N2. The highest BCUT2D eigenvalue weighted by Crippen LogP contribution is 2.16. The zero-order chi connectivity index (χ0) is 9.26. The van der Waals surface area contributed by atoms with Gasteiger partial charge in [-0.25, -0.2) is 4.68 Å². The lowest BCUT2D eigenvalue weighted by Gasteiger charge is -2.08. The summed E-state index contributed by atoms with van der Waals surface area (Å²) in [6, 6.07) is 9.17. The van der Waals surface area contributed by atoms with E-state index in [0.29, 0.717) is 0 Å². The standard InChI is InChI=1S/C11H11N2/c1-9-5-3-6-10(2)11(9)13-8-4-7-12-13/h3,5-8H,1-2H3. The van der Waals surface area contributed by atoms with Crippen molar-refractivity contribution in [2.75, 3.05) is 0 Å². The summed E-state index contributed by atoms with van der Waals surface area (Å²) in [5, 5.41) is 4.17. The number of hydrogen-bond donors (Lipinski definition) is 0. The van der Waals surface area contributed by atoms with E-state index in [1.54, 1.807) is 6.20 Å². The minimum absolute atomic E-state index is 1.16. The molecule has 0 aliphatic carbocycles. The van der Waals surface area contributed by atoms with Crippen molar-refractivity contribution < 1.29 is 0 Å². The molecule has 2 heteroatoms. The smallest absolute Gasteiger partial charge is 0.0704 e. The van der Waals surface area contributed by atoms with Crippen LogP contribution in [-0.4, -0.2) is 9.78 Å². The number of aromatic nitrogens is 2. The second-order valence-corrected chi connectivity index (χ2v) is 3.13. The van der Waals surface area contributed by atoms with Gasteiger partial charge in [-0.05, 0) is 25.0 Å². The average molecular weight is 171 g/mol. The van der Waals surface area contributed by atoms with Crippen LogP contribution in [0.1, 0.15) is 11.1 Å². The Morgan fingerprint density at radius 3 is 2.46 bits per heavy atom. The maximum Gasteiger partial charge on any atom is 0.0704 e. The molecule has 0 amide bonds. The predicted octanol–water partition coefficient (Wildman–Crippen LogP) is 2.29. The zero-order valence-corrected chi connectivity index (χ0v) is 7.78. The van der Waals surface area contributed by atoms with Gasteiger partial charge in [0.1, 0.15) is 0 Å². The van der Waals surface area contributed by atoms with Gasteiger partial charge in [0, 0.05) is 12.3 Å². The van der Waals surface area contributed by atoms with E-state index >= 15 is 0 Å². The molecule has 1 aromatic heterocycles. The van der Waals surface area contributed by atoms with Crippen LogP contribution in [0, 0.1) is 19.9 Å². The van der Waals surface area contributed by atoms with Crippen LogP contribution in [0.15, 0.2) is 30.6 Å². The number of nitrogens with zero attached hydrogens (tertiary/aromatic N) is 2. The number of aryl methyl sites for hydroxylation is 2. The summed E-state index contributed by atoms with van der Waals surface area (Å²) < 4.78 is 1.85. The van der Waals surface area contributed by atoms with E-state index < -0.39 is 0 Å². The number of hydrogen-bond acceptors (Lipinski definition) is 1. The van der Waals surface area contributed by atoms with Crippen molar-refractivity contribution in [2.24, 2.45) is 0 Å². The van der Waals surface area contributed by atoms with Crippen molar-refractivity contribution in [3.8, 4) is 5.69 Å². The first-order valence-corrected chi connectivity index (χ1v) is 4.26. The highest BCUT2D eigenvalue weighted by Gasteiger charge is 2.03. The van der Waals surface area contributed by atoms with E-state index in [1.165, 1.54) is 11.1 Å². The van der Waals surface area contributed by atoms with E-state index in [-0.39, 0.29) is 0 Å². The highest BCUT2D eigenvalue weighted by molar-refractivity contribution is 5.45. The summed E-state index contributed by atoms with van der Waals surface area (Å²) in [7, 11) is 0. The van der Waals surface area contributed by atoms with Crippen LogP contribution in [0.25, 0.3) is 5.69 Å². The molecule has 0 saturated heterocycles. The molecule has 1 heterocycles. The molecule has 65 valence electrons. The fraction of sp³-hybridized carbons (Fsp3) is 0.182. The van der Waals surface area contributed by atoms with Gasteiger partial charge in [-0.2, -0.15) is 5.10 Å². The second-order valence-electron chi connectivity index (χ2n) is 3.13. The van der Waals surface area contributed by atoms with Crippen molar-refractivity contribution in [2.45, 2.75) is 13.8 Å².